The van der Waals surface area contributed by atoms with Crippen molar-refractivity contribution in [1.29, 1.82) is 0 Å². The molecule has 0 aromatic heterocycles. The van der Waals surface area contributed by atoms with Gasteiger partial charge in [0, 0.05) is 0 Å². The van der Waals surface area contributed by atoms with Gasteiger partial charge in [-0.1, -0.05) is 6.08 Å². The normalized spacial score (nSPS) is 12.2. The average molecular weight is 135 g/mol. The molecule has 1 atom stereocenters. The zero-order valence-corrected chi connectivity index (χ0v) is 5.31. The van der Waals surface area contributed by atoms with Crippen LogP contribution in [0.15, 0.2) is 12.7 Å². The molecule has 0 saturated heterocycles. The first-order valence-corrected chi connectivity index (χ1v) is 2.48. The Morgan fingerprint density at radius 3 is 2.62 bits per heavy atom. The molecule has 0 fully saturated rings. The molecule has 0 aromatic carbocycles. The second kappa shape index (κ2) is 3.50. The van der Waals surface area contributed by atoms with Gasteiger partial charge in [-0.25, -0.2) is 4.79 Å². The molecule has 0 N–H and O–H groups in total. The molecule has 0 saturated carbocycles. The van der Waals surface area contributed by atoms with E-state index < -0.39 is 5.97 Å². The SMILES string of the molecule is C=CC(C)C(=O)OCl. The van der Waals surface area contributed by atoms with Crippen molar-refractivity contribution in [2.24, 2.45) is 5.92 Å². The third kappa shape index (κ3) is 1.98. The standard InChI is InChI=1S/C5H7ClO2/c1-3-4(2)5(7)8-6/h3-4H,1H2,2H3. The van der Waals surface area contributed by atoms with E-state index >= 15 is 0 Å². The van der Waals surface area contributed by atoms with Crippen molar-refractivity contribution in [1.82, 2.24) is 0 Å². The fourth-order valence-electron chi connectivity index (χ4n) is 0.166. The molecule has 0 spiro atoms. The summed E-state index contributed by atoms with van der Waals surface area (Å²) >= 11 is 4.73. The molecule has 0 amide bonds. The topological polar surface area (TPSA) is 26.3 Å². The lowest BCUT2D eigenvalue weighted by molar-refractivity contribution is -0.136. The maximum absolute atomic E-state index is 10.3. The number of halogens is 1. The Balaban J connectivity index is 3.62. The van der Waals surface area contributed by atoms with Crippen LogP contribution in [0, 0.1) is 5.92 Å². The molecule has 3 heteroatoms. The number of hydrogen-bond acceptors (Lipinski definition) is 2. The maximum atomic E-state index is 10.3. The van der Waals surface area contributed by atoms with Gasteiger partial charge >= 0.3 is 5.97 Å². The maximum Gasteiger partial charge on any atom is 0.331 e. The van der Waals surface area contributed by atoms with Gasteiger partial charge in [0.25, 0.3) is 0 Å². The van der Waals surface area contributed by atoms with Gasteiger partial charge in [0.15, 0.2) is 0 Å². The molecule has 8 heavy (non-hydrogen) atoms. The van der Waals surface area contributed by atoms with E-state index in [1.807, 2.05) is 0 Å². The molecule has 0 aliphatic heterocycles. The van der Waals surface area contributed by atoms with Crippen LogP contribution in [0.3, 0.4) is 0 Å². The summed E-state index contributed by atoms with van der Waals surface area (Å²) in [6, 6.07) is 0. The predicted octanol–water partition coefficient (Wildman–Crippen LogP) is 1.51. The molecule has 1 unspecified atom stereocenters. The van der Waals surface area contributed by atoms with Crippen molar-refractivity contribution in [2.75, 3.05) is 0 Å². The average Bonchev–Trinajstić information content (AvgIpc) is 1.84. The Hall–Kier alpha value is -0.500. The fraction of sp³-hybridized carbons (Fsp3) is 0.400. The Labute approximate surface area is 53.3 Å². The van der Waals surface area contributed by atoms with Gasteiger partial charge < -0.3 is 4.29 Å². The van der Waals surface area contributed by atoms with Gasteiger partial charge in [-0.05, 0) is 6.92 Å². The Kier molecular flexibility index (Phi) is 3.28. The van der Waals surface area contributed by atoms with E-state index in [1.165, 1.54) is 6.08 Å². The third-order valence-electron chi connectivity index (χ3n) is 0.801. The molecular weight excluding hydrogens is 128 g/mol. The summed E-state index contributed by atoms with van der Waals surface area (Å²) in [6.07, 6.45) is 1.46. The quantitative estimate of drug-likeness (QED) is 0.535. The highest BCUT2D eigenvalue weighted by Gasteiger charge is 2.07. The number of carbonyl (C=O) groups is 1. The molecule has 0 aromatic rings. The highest BCUT2D eigenvalue weighted by Crippen LogP contribution is 1.99. The van der Waals surface area contributed by atoms with Gasteiger partial charge in [-0.3, -0.25) is 0 Å². The molecule has 0 aliphatic carbocycles. The van der Waals surface area contributed by atoms with E-state index in [1.54, 1.807) is 6.92 Å². The van der Waals surface area contributed by atoms with Crippen molar-refractivity contribution in [2.45, 2.75) is 6.92 Å². The van der Waals surface area contributed by atoms with Crippen LogP contribution in [0.2, 0.25) is 0 Å². The molecule has 0 rings (SSSR count). The summed E-state index contributed by atoms with van der Waals surface area (Å²) in [6.45, 7) is 5.02. The zero-order valence-electron chi connectivity index (χ0n) is 4.56. The van der Waals surface area contributed by atoms with Crippen molar-refractivity contribution < 1.29 is 9.08 Å². The van der Waals surface area contributed by atoms with E-state index in [4.69, 9.17) is 11.9 Å². The lowest BCUT2D eigenvalue weighted by Crippen LogP contribution is -2.06. The van der Waals surface area contributed by atoms with Crippen LogP contribution in [0.1, 0.15) is 6.92 Å². The van der Waals surface area contributed by atoms with Crippen molar-refractivity contribution in [3.05, 3.63) is 12.7 Å². The van der Waals surface area contributed by atoms with Crippen LogP contribution >= 0.6 is 11.9 Å². The van der Waals surface area contributed by atoms with Gasteiger partial charge in [-0.2, -0.15) is 0 Å². The largest absolute Gasteiger partial charge is 0.347 e. The van der Waals surface area contributed by atoms with Crippen LogP contribution in [0.5, 0.6) is 0 Å². The smallest absolute Gasteiger partial charge is 0.331 e. The molecule has 2 nitrogen and oxygen atoms in total. The minimum Gasteiger partial charge on any atom is -0.347 e. The van der Waals surface area contributed by atoms with Crippen LogP contribution in [-0.2, 0) is 9.08 Å². The molecule has 0 bridgehead atoms. The number of carbonyl (C=O) groups excluding carboxylic acids is 1. The van der Waals surface area contributed by atoms with Gasteiger partial charge in [0.2, 0.25) is 0 Å². The summed E-state index contributed by atoms with van der Waals surface area (Å²) in [5, 5.41) is 0. The molecule has 46 valence electrons. The first-order chi connectivity index (χ1) is 3.72. The van der Waals surface area contributed by atoms with E-state index in [0.717, 1.165) is 0 Å². The lowest BCUT2D eigenvalue weighted by atomic mass is 10.2. The second-order valence-corrected chi connectivity index (χ2v) is 1.57. The van der Waals surface area contributed by atoms with E-state index in [9.17, 15) is 4.79 Å². The highest BCUT2D eigenvalue weighted by atomic mass is 35.5. The third-order valence-corrected chi connectivity index (χ3v) is 0.953. The number of hydrogen-bond donors (Lipinski definition) is 0. The summed E-state index contributed by atoms with van der Waals surface area (Å²) < 4.78 is 3.86. The van der Waals surface area contributed by atoms with E-state index in [0.29, 0.717) is 0 Å². The molecule has 0 aliphatic rings. The minimum atomic E-state index is -0.471. The van der Waals surface area contributed by atoms with E-state index in [2.05, 4.69) is 10.9 Å². The first-order valence-electron chi connectivity index (χ1n) is 2.17. The monoisotopic (exact) mass is 134 g/mol. The Morgan fingerprint density at radius 1 is 2.00 bits per heavy atom. The summed E-state index contributed by atoms with van der Waals surface area (Å²) in [5.41, 5.74) is 0. The summed E-state index contributed by atoms with van der Waals surface area (Å²) in [5.74, 6) is -0.783. The summed E-state index contributed by atoms with van der Waals surface area (Å²) in [7, 11) is 0. The Bertz CT molecular complexity index is 101. The van der Waals surface area contributed by atoms with Crippen molar-refractivity contribution in [3.63, 3.8) is 0 Å². The summed E-state index contributed by atoms with van der Waals surface area (Å²) in [4.78, 5) is 10.3. The van der Waals surface area contributed by atoms with E-state index in [-0.39, 0.29) is 5.92 Å². The van der Waals surface area contributed by atoms with Crippen LogP contribution in [0.4, 0.5) is 0 Å². The van der Waals surface area contributed by atoms with Gasteiger partial charge in [-0.15, -0.1) is 6.58 Å². The molecular formula is C5H7ClO2. The molecule has 0 heterocycles. The van der Waals surface area contributed by atoms with Crippen LogP contribution < -0.4 is 0 Å². The first kappa shape index (κ1) is 7.50. The van der Waals surface area contributed by atoms with Crippen molar-refractivity contribution in [3.8, 4) is 0 Å². The second-order valence-electron chi connectivity index (χ2n) is 1.42. The lowest BCUT2D eigenvalue weighted by Gasteiger charge is -1.96. The zero-order chi connectivity index (χ0) is 6.57. The highest BCUT2D eigenvalue weighted by molar-refractivity contribution is 6.13. The van der Waals surface area contributed by atoms with Crippen molar-refractivity contribution >= 4 is 17.8 Å². The van der Waals surface area contributed by atoms with Gasteiger partial charge in [0.1, 0.15) is 11.9 Å². The predicted molar refractivity (Wildman–Crippen MR) is 31.3 cm³/mol. The van der Waals surface area contributed by atoms with Gasteiger partial charge in [0.05, 0.1) is 5.92 Å². The van der Waals surface area contributed by atoms with Crippen LogP contribution in [-0.4, -0.2) is 5.97 Å². The fourth-order valence-corrected chi connectivity index (χ4v) is 0.307. The van der Waals surface area contributed by atoms with Crippen LogP contribution in [0.25, 0.3) is 0 Å². The Morgan fingerprint density at radius 2 is 2.50 bits per heavy atom. The number of rotatable bonds is 2. The molecule has 0 radical (unpaired) electrons. The minimum absolute atomic E-state index is 0.313.